The van der Waals surface area contributed by atoms with Gasteiger partial charge >= 0.3 is 0 Å². The monoisotopic (exact) mass is 273 g/mol. The van der Waals surface area contributed by atoms with E-state index in [4.69, 9.17) is 5.73 Å². The molecule has 0 radical (unpaired) electrons. The molecule has 3 N–H and O–H groups in total. The lowest BCUT2D eigenvalue weighted by Gasteiger charge is -2.12. The van der Waals surface area contributed by atoms with Crippen molar-refractivity contribution in [3.8, 4) is 5.69 Å². The molecule has 1 aromatic heterocycles. The van der Waals surface area contributed by atoms with Crippen LogP contribution in [-0.4, -0.2) is 27.4 Å². The SMILES string of the molecule is CCC(CN)CC(=O)Nc1ccc(-n2nccn2)cc1. The Kier molecular flexibility index (Phi) is 4.84. The van der Waals surface area contributed by atoms with Crippen LogP contribution >= 0.6 is 0 Å². The summed E-state index contributed by atoms with van der Waals surface area (Å²) in [6.45, 7) is 2.57. The molecule has 106 valence electrons. The van der Waals surface area contributed by atoms with Crippen LogP contribution in [0.15, 0.2) is 36.7 Å². The molecule has 0 saturated carbocycles. The average molecular weight is 273 g/mol. The van der Waals surface area contributed by atoms with Crippen LogP contribution in [0.4, 0.5) is 5.69 Å². The van der Waals surface area contributed by atoms with Crippen molar-refractivity contribution in [3.05, 3.63) is 36.7 Å². The van der Waals surface area contributed by atoms with E-state index in [2.05, 4.69) is 15.5 Å². The number of carbonyl (C=O) groups excluding carboxylic acids is 1. The molecular formula is C14H19N5O. The number of nitrogens with two attached hydrogens (primary N) is 1. The molecule has 6 heteroatoms. The van der Waals surface area contributed by atoms with Crippen LogP contribution in [0.5, 0.6) is 0 Å². The minimum absolute atomic E-state index is 0.00716. The van der Waals surface area contributed by atoms with E-state index < -0.39 is 0 Å². The summed E-state index contributed by atoms with van der Waals surface area (Å²) in [5.74, 6) is 0.231. The molecule has 2 aromatic rings. The molecule has 0 aliphatic carbocycles. The standard InChI is InChI=1S/C14H19N5O/c1-2-11(10-15)9-14(20)18-12-3-5-13(6-4-12)19-16-7-8-17-19/h3-8,11H,2,9-10,15H2,1H3,(H,18,20). The molecule has 0 saturated heterocycles. The Balaban J connectivity index is 1.95. The summed E-state index contributed by atoms with van der Waals surface area (Å²) in [6.07, 6.45) is 4.60. The highest BCUT2D eigenvalue weighted by atomic mass is 16.1. The van der Waals surface area contributed by atoms with Gasteiger partial charge in [0.1, 0.15) is 0 Å². The van der Waals surface area contributed by atoms with Gasteiger partial charge in [-0.2, -0.15) is 15.0 Å². The van der Waals surface area contributed by atoms with E-state index in [0.29, 0.717) is 13.0 Å². The minimum Gasteiger partial charge on any atom is -0.330 e. The smallest absolute Gasteiger partial charge is 0.224 e. The molecule has 1 unspecified atom stereocenters. The first-order chi connectivity index (χ1) is 9.72. The number of aromatic nitrogens is 3. The van der Waals surface area contributed by atoms with E-state index in [0.717, 1.165) is 17.8 Å². The predicted molar refractivity (Wildman–Crippen MR) is 77.4 cm³/mol. The molecule has 1 amide bonds. The second-order valence-electron chi connectivity index (χ2n) is 4.63. The molecule has 6 nitrogen and oxygen atoms in total. The van der Waals surface area contributed by atoms with Crippen molar-refractivity contribution in [2.24, 2.45) is 11.7 Å². The van der Waals surface area contributed by atoms with Crippen LogP contribution in [0.1, 0.15) is 19.8 Å². The number of carbonyl (C=O) groups is 1. The topological polar surface area (TPSA) is 85.8 Å². The second kappa shape index (κ2) is 6.81. The van der Waals surface area contributed by atoms with Gasteiger partial charge in [0, 0.05) is 12.1 Å². The molecule has 0 aliphatic rings. The lowest BCUT2D eigenvalue weighted by molar-refractivity contribution is -0.117. The van der Waals surface area contributed by atoms with Crippen LogP contribution in [0, 0.1) is 5.92 Å². The molecule has 0 fully saturated rings. The zero-order valence-corrected chi connectivity index (χ0v) is 11.5. The number of rotatable bonds is 6. The van der Waals surface area contributed by atoms with E-state index in [-0.39, 0.29) is 11.8 Å². The van der Waals surface area contributed by atoms with E-state index >= 15 is 0 Å². The van der Waals surface area contributed by atoms with Gasteiger partial charge in [-0.05, 0) is 36.7 Å². The van der Waals surface area contributed by atoms with Gasteiger partial charge in [0.05, 0.1) is 18.1 Å². The Morgan fingerprint density at radius 2 is 1.95 bits per heavy atom. The molecule has 0 bridgehead atoms. The fourth-order valence-electron chi connectivity index (χ4n) is 1.90. The van der Waals surface area contributed by atoms with E-state index in [1.54, 1.807) is 12.4 Å². The maximum absolute atomic E-state index is 11.9. The highest BCUT2D eigenvalue weighted by Crippen LogP contribution is 2.13. The number of nitrogens with zero attached hydrogens (tertiary/aromatic N) is 3. The van der Waals surface area contributed by atoms with Crippen molar-refractivity contribution in [1.82, 2.24) is 15.0 Å². The summed E-state index contributed by atoms with van der Waals surface area (Å²) < 4.78 is 0. The van der Waals surface area contributed by atoms with Gasteiger partial charge < -0.3 is 11.1 Å². The number of hydrogen-bond donors (Lipinski definition) is 2. The summed E-state index contributed by atoms with van der Waals surface area (Å²) in [7, 11) is 0. The Bertz CT molecular complexity index is 531. The van der Waals surface area contributed by atoms with Crippen molar-refractivity contribution in [1.29, 1.82) is 0 Å². The van der Waals surface area contributed by atoms with Crippen LogP contribution in [-0.2, 0) is 4.79 Å². The fourth-order valence-corrected chi connectivity index (χ4v) is 1.90. The lowest BCUT2D eigenvalue weighted by atomic mass is 10.0. The normalized spacial score (nSPS) is 12.1. The van der Waals surface area contributed by atoms with Crippen molar-refractivity contribution < 1.29 is 4.79 Å². The van der Waals surface area contributed by atoms with E-state index in [1.807, 2.05) is 31.2 Å². The summed E-state index contributed by atoms with van der Waals surface area (Å²) in [6, 6.07) is 7.38. The fraction of sp³-hybridized carbons (Fsp3) is 0.357. The number of amides is 1. The third-order valence-corrected chi connectivity index (χ3v) is 3.19. The predicted octanol–water partition coefficient (Wildman–Crippen LogP) is 1.58. The van der Waals surface area contributed by atoms with E-state index in [9.17, 15) is 4.79 Å². The number of benzene rings is 1. The Morgan fingerprint density at radius 3 is 2.50 bits per heavy atom. The van der Waals surface area contributed by atoms with Crippen LogP contribution in [0.25, 0.3) is 5.69 Å². The molecule has 0 aliphatic heterocycles. The number of hydrogen-bond acceptors (Lipinski definition) is 4. The van der Waals surface area contributed by atoms with Gasteiger partial charge in [0.2, 0.25) is 5.91 Å². The summed E-state index contributed by atoms with van der Waals surface area (Å²) in [4.78, 5) is 13.4. The summed E-state index contributed by atoms with van der Waals surface area (Å²) in [5, 5.41) is 11.0. The zero-order valence-electron chi connectivity index (χ0n) is 11.5. The molecule has 1 aromatic carbocycles. The van der Waals surface area contributed by atoms with E-state index in [1.165, 1.54) is 4.80 Å². The van der Waals surface area contributed by atoms with Crippen LogP contribution in [0.2, 0.25) is 0 Å². The van der Waals surface area contributed by atoms with Gasteiger partial charge in [0.15, 0.2) is 0 Å². The first-order valence-corrected chi connectivity index (χ1v) is 6.69. The van der Waals surface area contributed by atoms with Gasteiger partial charge in [-0.25, -0.2) is 0 Å². The summed E-state index contributed by atoms with van der Waals surface area (Å²) in [5.41, 5.74) is 7.21. The number of nitrogens with one attached hydrogen (secondary N) is 1. The second-order valence-corrected chi connectivity index (χ2v) is 4.63. The third-order valence-electron chi connectivity index (χ3n) is 3.19. The Labute approximate surface area is 118 Å². The number of anilines is 1. The van der Waals surface area contributed by atoms with Crippen LogP contribution in [0.3, 0.4) is 0 Å². The minimum atomic E-state index is -0.00716. The maximum Gasteiger partial charge on any atom is 0.224 e. The first-order valence-electron chi connectivity index (χ1n) is 6.69. The Hall–Kier alpha value is -2.21. The molecule has 2 rings (SSSR count). The van der Waals surface area contributed by atoms with Crippen molar-refractivity contribution >= 4 is 11.6 Å². The highest BCUT2D eigenvalue weighted by Gasteiger charge is 2.10. The molecule has 1 heterocycles. The van der Waals surface area contributed by atoms with Gasteiger partial charge in [-0.3, -0.25) is 4.79 Å². The molecule has 1 atom stereocenters. The Morgan fingerprint density at radius 1 is 1.30 bits per heavy atom. The van der Waals surface area contributed by atoms with Crippen molar-refractivity contribution in [2.45, 2.75) is 19.8 Å². The van der Waals surface area contributed by atoms with Crippen molar-refractivity contribution in [2.75, 3.05) is 11.9 Å². The summed E-state index contributed by atoms with van der Waals surface area (Å²) >= 11 is 0. The lowest BCUT2D eigenvalue weighted by Crippen LogP contribution is -2.21. The zero-order chi connectivity index (χ0) is 14.4. The van der Waals surface area contributed by atoms with Gasteiger partial charge in [0.25, 0.3) is 0 Å². The molecule has 0 spiro atoms. The molecule has 20 heavy (non-hydrogen) atoms. The quantitative estimate of drug-likeness (QED) is 0.836. The van der Waals surface area contributed by atoms with Gasteiger partial charge in [-0.15, -0.1) is 0 Å². The average Bonchev–Trinajstić information content (AvgIpc) is 2.99. The largest absolute Gasteiger partial charge is 0.330 e. The van der Waals surface area contributed by atoms with Crippen molar-refractivity contribution in [3.63, 3.8) is 0 Å². The van der Waals surface area contributed by atoms with Crippen LogP contribution < -0.4 is 11.1 Å². The van der Waals surface area contributed by atoms with Gasteiger partial charge in [-0.1, -0.05) is 13.3 Å². The molecular weight excluding hydrogens is 254 g/mol. The third kappa shape index (κ3) is 3.64. The highest BCUT2D eigenvalue weighted by molar-refractivity contribution is 5.90. The maximum atomic E-state index is 11.9. The first kappa shape index (κ1) is 14.2.